The van der Waals surface area contributed by atoms with Crippen molar-refractivity contribution in [3.05, 3.63) is 23.2 Å². The second-order valence-corrected chi connectivity index (χ2v) is 4.63. The van der Waals surface area contributed by atoms with Gasteiger partial charge < -0.3 is 11.1 Å². The Kier molecular flexibility index (Phi) is 5.64. The monoisotopic (exact) mass is 309 g/mol. The summed E-state index contributed by atoms with van der Waals surface area (Å²) in [5, 5.41) is 2.82. The number of carbonyl (C=O) groups is 1. The molecule has 0 heterocycles. The summed E-state index contributed by atoms with van der Waals surface area (Å²) in [6, 6.07) is 4.49. The van der Waals surface area contributed by atoms with E-state index in [1.54, 1.807) is 13.0 Å². The highest BCUT2D eigenvalue weighted by atomic mass is 35.5. The Labute approximate surface area is 119 Å². The molecule has 20 heavy (non-hydrogen) atoms. The van der Waals surface area contributed by atoms with E-state index in [0.717, 1.165) is 4.90 Å². The smallest absolute Gasteiger partial charge is 0.397 e. The van der Waals surface area contributed by atoms with Crippen LogP contribution in [0.1, 0.15) is 6.92 Å². The van der Waals surface area contributed by atoms with Gasteiger partial charge in [0, 0.05) is 5.02 Å². The molecule has 0 aliphatic carbocycles. The Bertz CT molecular complexity index is 480. The number of rotatable bonds is 5. The van der Waals surface area contributed by atoms with Crippen LogP contribution in [0.5, 0.6) is 0 Å². The van der Waals surface area contributed by atoms with E-state index in [1.165, 1.54) is 12.1 Å². The van der Waals surface area contributed by atoms with Crippen LogP contribution in [0.25, 0.3) is 0 Å². The average Bonchev–Trinajstić information content (AvgIpc) is 2.31. The molecule has 1 amide bonds. The summed E-state index contributed by atoms with van der Waals surface area (Å²) in [4.78, 5) is 12.7. The Hall–Kier alpha value is -1.47. The van der Waals surface area contributed by atoms with Crippen molar-refractivity contribution in [2.45, 2.75) is 13.1 Å². The largest absolute Gasteiger partial charge is 0.401 e. The molecule has 0 spiro atoms. The maximum Gasteiger partial charge on any atom is 0.401 e. The van der Waals surface area contributed by atoms with Crippen LogP contribution in [0.15, 0.2) is 18.2 Å². The Balaban J connectivity index is 2.64. The number of nitrogen functional groups attached to an aromatic ring is 1. The first-order valence-corrected chi connectivity index (χ1v) is 6.23. The van der Waals surface area contributed by atoms with Gasteiger partial charge in [0.2, 0.25) is 5.91 Å². The van der Waals surface area contributed by atoms with Crippen LogP contribution in [0.4, 0.5) is 24.5 Å². The predicted octanol–water partition coefficient (Wildman–Crippen LogP) is 2.74. The third kappa shape index (κ3) is 5.66. The van der Waals surface area contributed by atoms with E-state index in [1.807, 2.05) is 0 Å². The molecule has 0 aliphatic rings. The number of amides is 1. The van der Waals surface area contributed by atoms with Crippen molar-refractivity contribution in [2.24, 2.45) is 0 Å². The lowest BCUT2D eigenvalue weighted by Gasteiger charge is -2.21. The van der Waals surface area contributed by atoms with Crippen molar-refractivity contribution in [3.8, 4) is 0 Å². The van der Waals surface area contributed by atoms with Gasteiger partial charge in [0.1, 0.15) is 0 Å². The molecule has 1 aromatic rings. The topological polar surface area (TPSA) is 58.4 Å². The molecule has 112 valence electrons. The lowest BCUT2D eigenvalue weighted by atomic mass is 10.2. The van der Waals surface area contributed by atoms with Gasteiger partial charge in [-0.2, -0.15) is 13.2 Å². The Morgan fingerprint density at radius 3 is 2.65 bits per heavy atom. The van der Waals surface area contributed by atoms with E-state index >= 15 is 0 Å². The van der Waals surface area contributed by atoms with Gasteiger partial charge in [-0.15, -0.1) is 0 Å². The minimum Gasteiger partial charge on any atom is -0.397 e. The lowest BCUT2D eigenvalue weighted by Crippen LogP contribution is -2.39. The lowest BCUT2D eigenvalue weighted by molar-refractivity contribution is -0.147. The molecule has 0 unspecified atom stereocenters. The van der Waals surface area contributed by atoms with Gasteiger partial charge >= 0.3 is 6.18 Å². The van der Waals surface area contributed by atoms with Gasteiger partial charge in [0.05, 0.1) is 24.5 Å². The van der Waals surface area contributed by atoms with Crippen LogP contribution in [-0.2, 0) is 4.79 Å². The summed E-state index contributed by atoms with van der Waals surface area (Å²) in [6.07, 6.45) is -4.34. The first-order chi connectivity index (χ1) is 9.21. The van der Waals surface area contributed by atoms with Crippen LogP contribution >= 0.6 is 11.6 Å². The minimum absolute atomic E-state index is 0.109. The summed E-state index contributed by atoms with van der Waals surface area (Å²) in [7, 11) is 0. The molecule has 0 fully saturated rings. The molecular formula is C12H15ClF3N3O. The fraction of sp³-hybridized carbons (Fsp3) is 0.417. The summed E-state index contributed by atoms with van der Waals surface area (Å²) in [5.41, 5.74) is 6.21. The van der Waals surface area contributed by atoms with Crippen molar-refractivity contribution in [1.29, 1.82) is 0 Å². The molecule has 0 saturated carbocycles. The van der Waals surface area contributed by atoms with Crippen molar-refractivity contribution in [3.63, 3.8) is 0 Å². The summed E-state index contributed by atoms with van der Waals surface area (Å²) < 4.78 is 36.8. The van der Waals surface area contributed by atoms with Gasteiger partial charge in [-0.25, -0.2) is 0 Å². The first-order valence-electron chi connectivity index (χ1n) is 5.85. The summed E-state index contributed by atoms with van der Waals surface area (Å²) in [6.45, 7) is 0.147. The number of carbonyl (C=O) groups excluding carboxylic acids is 1. The molecule has 4 nitrogen and oxygen atoms in total. The van der Waals surface area contributed by atoms with Crippen LogP contribution in [0.3, 0.4) is 0 Å². The number of anilines is 2. The first kappa shape index (κ1) is 16.6. The predicted molar refractivity (Wildman–Crippen MR) is 72.7 cm³/mol. The zero-order chi connectivity index (χ0) is 15.3. The second kappa shape index (κ2) is 6.81. The van der Waals surface area contributed by atoms with Gasteiger partial charge in [-0.05, 0) is 24.7 Å². The highest BCUT2D eigenvalue weighted by Gasteiger charge is 2.30. The number of likely N-dealkylation sites (N-methyl/N-ethyl adjacent to an activating group) is 1. The molecule has 3 N–H and O–H groups in total. The molecule has 0 aromatic heterocycles. The quantitative estimate of drug-likeness (QED) is 0.822. The van der Waals surface area contributed by atoms with E-state index in [9.17, 15) is 18.0 Å². The number of halogens is 4. The van der Waals surface area contributed by atoms with Crippen molar-refractivity contribution < 1.29 is 18.0 Å². The molecule has 0 atom stereocenters. The Morgan fingerprint density at radius 2 is 2.10 bits per heavy atom. The Morgan fingerprint density at radius 1 is 1.45 bits per heavy atom. The molecule has 1 aromatic carbocycles. The number of nitrogens with one attached hydrogen (secondary N) is 1. The van der Waals surface area contributed by atoms with E-state index in [2.05, 4.69) is 5.32 Å². The van der Waals surface area contributed by atoms with E-state index in [-0.39, 0.29) is 18.8 Å². The summed E-state index contributed by atoms with van der Waals surface area (Å²) >= 11 is 5.75. The molecule has 0 aliphatic heterocycles. The highest BCUT2D eigenvalue weighted by molar-refractivity contribution is 6.31. The molecular weight excluding hydrogens is 295 g/mol. The van der Waals surface area contributed by atoms with E-state index < -0.39 is 18.6 Å². The van der Waals surface area contributed by atoms with Gasteiger partial charge in [0.15, 0.2) is 0 Å². The van der Waals surface area contributed by atoms with Gasteiger partial charge in [-0.3, -0.25) is 9.69 Å². The number of benzene rings is 1. The maximum atomic E-state index is 12.3. The van der Waals surface area contributed by atoms with Crippen LogP contribution in [0, 0.1) is 0 Å². The van der Waals surface area contributed by atoms with Gasteiger partial charge in [-0.1, -0.05) is 18.5 Å². The number of alkyl halides is 3. The number of hydrogen-bond acceptors (Lipinski definition) is 3. The number of nitrogens with two attached hydrogens (primary N) is 1. The number of hydrogen-bond donors (Lipinski definition) is 2. The van der Waals surface area contributed by atoms with Crippen molar-refractivity contribution in [1.82, 2.24) is 4.90 Å². The van der Waals surface area contributed by atoms with Crippen LogP contribution < -0.4 is 11.1 Å². The summed E-state index contributed by atoms with van der Waals surface area (Å²) in [5.74, 6) is -0.579. The van der Waals surface area contributed by atoms with Crippen LogP contribution in [-0.4, -0.2) is 36.6 Å². The second-order valence-electron chi connectivity index (χ2n) is 4.20. The van der Waals surface area contributed by atoms with E-state index in [4.69, 9.17) is 17.3 Å². The van der Waals surface area contributed by atoms with Crippen molar-refractivity contribution >= 4 is 28.9 Å². The highest BCUT2D eigenvalue weighted by Crippen LogP contribution is 2.23. The van der Waals surface area contributed by atoms with Crippen molar-refractivity contribution in [2.75, 3.05) is 30.7 Å². The SMILES string of the molecule is CCN(CC(=O)Nc1cc(Cl)ccc1N)CC(F)(F)F. The third-order valence-corrected chi connectivity index (χ3v) is 2.74. The molecule has 0 radical (unpaired) electrons. The average molecular weight is 310 g/mol. The van der Waals surface area contributed by atoms with E-state index in [0.29, 0.717) is 10.7 Å². The number of nitrogens with zero attached hydrogens (tertiary/aromatic N) is 1. The maximum absolute atomic E-state index is 12.3. The third-order valence-electron chi connectivity index (χ3n) is 2.51. The molecule has 1 rings (SSSR count). The zero-order valence-electron chi connectivity index (χ0n) is 10.8. The zero-order valence-corrected chi connectivity index (χ0v) is 11.6. The van der Waals surface area contributed by atoms with Crippen LogP contribution in [0.2, 0.25) is 5.02 Å². The molecule has 0 saturated heterocycles. The van der Waals surface area contributed by atoms with Gasteiger partial charge in [0.25, 0.3) is 0 Å². The fourth-order valence-electron chi connectivity index (χ4n) is 1.56. The minimum atomic E-state index is -4.34. The molecule has 0 bridgehead atoms. The fourth-order valence-corrected chi connectivity index (χ4v) is 1.73. The standard InChI is InChI=1S/C12H15ClF3N3O/c1-2-19(7-12(14,15)16)6-11(20)18-10-5-8(13)3-4-9(10)17/h3-5H,2,6-7,17H2,1H3,(H,18,20). The normalized spacial score (nSPS) is 11.7. The molecule has 8 heteroatoms.